The molecule has 3 aromatic carbocycles. The first-order valence-electron chi connectivity index (χ1n) is 12.6. The number of nitrogens with one attached hydrogen (secondary N) is 2. The van der Waals surface area contributed by atoms with Crippen molar-refractivity contribution in [2.45, 2.75) is 37.9 Å². The van der Waals surface area contributed by atoms with Crippen LogP contribution in [0.4, 0.5) is 10.1 Å². The first kappa shape index (κ1) is 24.1. The number of hydrogen-bond donors (Lipinski definition) is 4. The molecule has 6 rings (SSSR count). The van der Waals surface area contributed by atoms with E-state index >= 15 is 0 Å². The van der Waals surface area contributed by atoms with Crippen molar-refractivity contribution in [2.75, 3.05) is 5.32 Å². The number of carbonyl (C=O) groups is 3. The zero-order valence-electron chi connectivity index (χ0n) is 20.6. The lowest BCUT2D eigenvalue weighted by Gasteiger charge is -2.30. The van der Waals surface area contributed by atoms with E-state index in [0.29, 0.717) is 22.4 Å². The molecule has 4 atom stereocenters. The van der Waals surface area contributed by atoms with E-state index in [-0.39, 0.29) is 24.5 Å². The number of benzene rings is 3. The van der Waals surface area contributed by atoms with E-state index in [1.165, 1.54) is 41.3 Å². The number of fused-ring (bicyclic) bond motifs is 4. The van der Waals surface area contributed by atoms with Crippen molar-refractivity contribution in [3.05, 3.63) is 88.7 Å². The first-order valence-corrected chi connectivity index (χ1v) is 12.6. The zero-order valence-corrected chi connectivity index (χ0v) is 20.6. The molecule has 4 N–H and O–H groups in total. The average molecular weight is 516 g/mol. The summed E-state index contributed by atoms with van der Waals surface area (Å²) in [5.74, 6) is -4.08. The molecule has 0 saturated carbocycles. The molecule has 8 nitrogen and oxygen atoms in total. The maximum atomic E-state index is 14.0. The Kier molecular flexibility index (Phi) is 5.50. The minimum absolute atomic E-state index is 0.0305. The highest BCUT2D eigenvalue weighted by molar-refractivity contribution is 6.15. The van der Waals surface area contributed by atoms with Gasteiger partial charge in [-0.1, -0.05) is 37.3 Å². The lowest BCUT2D eigenvalue weighted by atomic mass is 9.76. The third-order valence-electron chi connectivity index (χ3n) is 8.03. The number of hydrogen-bond acceptors (Lipinski definition) is 6. The van der Waals surface area contributed by atoms with E-state index in [9.17, 15) is 29.0 Å². The van der Waals surface area contributed by atoms with E-state index in [2.05, 4.69) is 10.6 Å². The predicted molar refractivity (Wildman–Crippen MR) is 135 cm³/mol. The molecule has 0 aliphatic carbocycles. The largest absolute Gasteiger partial charge is 0.504 e. The van der Waals surface area contributed by atoms with Gasteiger partial charge in [-0.3, -0.25) is 24.6 Å². The summed E-state index contributed by atoms with van der Waals surface area (Å²) < 4.78 is 13.5. The van der Waals surface area contributed by atoms with E-state index in [4.69, 9.17) is 0 Å². The lowest BCUT2D eigenvalue weighted by molar-refractivity contribution is -0.143. The van der Waals surface area contributed by atoms with Crippen molar-refractivity contribution >= 4 is 23.4 Å². The highest BCUT2D eigenvalue weighted by Gasteiger charge is 2.70. The molecule has 0 aromatic heterocycles. The van der Waals surface area contributed by atoms with Crippen molar-refractivity contribution in [3.63, 3.8) is 0 Å². The Labute approximate surface area is 218 Å². The fraction of sp³-hybridized carbons (Fsp3) is 0.276. The monoisotopic (exact) mass is 515 g/mol. The number of halogens is 1. The number of phenols is 2. The summed E-state index contributed by atoms with van der Waals surface area (Å²) in [6.07, 6.45) is 0.960. The molecule has 0 bridgehead atoms. The second-order valence-corrected chi connectivity index (χ2v) is 10.2. The van der Waals surface area contributed by atoms with Crippen LogP contribution in [-0.4, -0.2) is 38.9 Å². The molecule has 2 fully saturated rings. The number of anilines is 1. The Morgan fingerprint density at radius 1 is 0.895 bits per heavy atom. The smallest absolute Gasteiger partial charge is 0.250 e. The standard InChI is InChI=1S/C29H26FN3O5/c1-2-15-5-9-20-19(11-15)29(28(38)31-20)25-24(21(32-29)12-17-6-10-22(34)23(35)13-17)26(36)33(27(25)37)14-16-3-7-18(30)8-4-16/h3-11,13,21,24-25,32,34-35H,2,12,14H2,1H3,(H,31,38)/t21-,24+,25-,29-/m0/s1. The number of carbonyl (C=O) groups excluding carboxylic acids is 3. The molecular formula is C29H26FN3O5. The molecule has 0 unspecified atom stereocenters. The van der Waals surface area contributed by atoms with Crippen LogP contribution in [0.5, 0.6) is 11.5 Å². The summed E-state index contributed by atoms with van der Waals surface area (Å²) >= 11 is 0. The molecule has 3 amide bonds. The van der Waals surface area contributed by atoms with E-state index in [1.807, 2.05) is 25.1 Å². The SMILES string of the molecule is CCc1ccc2c(c1)[C@@]1(N[C@@H](Cc3ccc(O)c(O)c3)[C@H]3C(=O)N(Cc4ccc(F)cc4)C(=O)[C@H]31)C(=O)N2. The van der Waals surface area contributed by atoms with Gasteiger partial charge in [0.1, 0.15) is 11.4 Å². The summed E-state index contributed by atoms with van der Waals surface area (Å²) in [5, 5.41) is 26.1. The highest BCUT2D eigenvalue weighted by Crippen LogP contribution is 2.53. The van der Waals surface area contributed by atoms with Gasteiger partial charge in [-0.25, -0.2) is 4.39 Å². The minimum Gasteiger partial charge on any atom is -0.504 e. The Morgan fingerprint density at radius 2 is 1.61 bits per heavy atom. The van der Waals surface area contributed by atoms with Gasteiger partial charge in [-0.2, -0.15) is 0 Å². The van der Waals surface area contributed by atoms with Gasteiger partial charge in [0.2, 0.25) is 17.7 Å². The first-order chi connectivity index (χ1) is 18.2. The van der Waals surface area contributed by atoms with Crippen LogP contribution >= 0.6 is 0 Å². The highest BCUT2D eigenvalue weighted by atomic mass is 19.1. The topological polar surface area (TPSA) is 119 Å². The zero-order chi connectivity index (χ0) is 26.8. The molecule has 194 valence electrons. The normalized spacial score (nSPS) is 25.7. The maximum absolute atomic E-state index is 14.0. The van der Waals surface area contributed by atoms with Gasteiger partial charge in [-0.15, -0.1) is 0 Å². The molecule has 3 aliphatic rings. The van der Waals surface area contributed by atoms with Gasteiger partial charge in [0.25, 0.3) is 0 Å². The minimum atomic E-state index is -1.45. The van der Waals surface area contributed by atoms with Gasteiger partial charge in [0, 0.05) is 17.3 Å². The number of phenolic OH excluding ortho intramolecular Hbond substituents is 2. The van der Waals surface area contributed by atoms with Crippen LogP contribution in [0.1, 0.15) is 29.2 Å². The van der Waals surface area contributed by atoms with Crippen molar-refractivity contribution < 1.29 is 29.0 Å². The van der Waals surface area contributed by atoms with Crippen LogP contribution in [0, 0.1) is 17.7 Å². The molecule has 1 spiro atoms. The number of rotatable bonds is 5. The number of aromatic hydroxyl groups is 2. The summed E-state index contributed by atoms with van der Waals surface area (Å²) in [6.45, 7) is 1.97. The number of likely N-dealkylation sites (tertiary alicyclic amines) is 1. The fourth-order valence-electron chi connectivity index (χ4n) is 6.18. The summed E-state index contributed by atoms with van der Waals surface area (Å²) in [5.41, 5.74) is 2.01. The van der Waals surface area contributed by atoms with E-state index in [0.717, 1.165) is 12.0 Å². The van der Waals surface area contributed by atoms with Gasteiger partial charge < -0.3 is 15.5 Å². The third kappa shape index (κ3) is 3.49. The summed E-state index contributed by atoms with van der Waals surface area (Å²) in [4.78, 5) is 42.7. The number of nitrogens with zero attached hydrogens (tertiary/aromatic N) is 1. The van der Waals surface area contributed by atoms with Gasteiger partial charge in [0.15, 0.2) is 11.5 Å². The molecule has 3 heterocycles. The number of aryl methyl sites for hydroxylation is 1. The quantitative estimate of drug-likeness (QED) is 0.307. The maximum Gasteiger partial charge on any atom is 0.250 e. The van der Waals surface area contributed by atoms with Crippen LogP contribution in [0.3, 0.4) is 0 Å². The van der Waals surface area contributed by atoms with Crippen molar-refractivity contribution in [1.29, 1.82) is 0 Å². The van der Waals surface area contributed by atoms with Crippen LogP contribution in [0.15, 0.2) is 60.7 Å². The van der Waals surface area contributed by atoms with Gasteiger partial charge in [-0.05, 0) is 59.9 Å². The van der Waals surface area contributed by atoms with Crippen molar-refractivity contribution in [1.82, 2.24) is 10.2 Å². The Hall–Kier alpha value is -4.24. The van der Waals surface area contributed by atoms with E-state index < -0.39 is 47.0 Å². The van der Waals surface area contributed by atoms with Crippen molar-refractivity contribution in [2.24, 2.45) is 11.8 Å². The third-order valence-corrected chi connectivity index (χ3v) is 8.03. The van der Waals surface area contributed by atoms with Gasteiger partial charge in [0.05, 0.1) is 18.4 Å². The van der Waals surface area contributed by atoms with Crippen LogP contribution in [-0.2, 0) is 39.3 Å². The second-order valence-electron chi connectivity index (χ2n) is 10.2. The molecule has 38 heavy (non-hydrogen) atoms. The molecule has 3 aliphatic heterocycles. The molecule has 2 saturated heterocycles. The van der Waals surface area contributed by atoms with Crippen LogP contribution < -0.4 is 10.6 Å². The molecule has 9 heteroatoms. The Balaban J connectivity index is 1.45. The van der Waals surface area contributed by atoms with Crippen molar-refractivity contribution in [3.8, 4) is 11.5 Å². The fourth-order valence-corrected chi connectivity index (χ4v) is 6.18. The predicted octanol–water partition coefficient (Wildman–Crippen LogP) is 2.96. The molecular weight excluding hydrogens is 489 g/mol. The van der Waals surface area contributed by atoms with Crippen LogP contribution in [0.2, 0.25) is 0 Å². The average Bonchev–Trinajstić information content (AvgIpc) is 3.47. The van der Waals surface area contributed by atoms with E-state index in [1.54, 1.807) is 6.07 Å². The number of imide groups is 1. The Bertz CT molecular complexity index is 1490. The molecule has 0 radical (unpaired) electrons. The summed E-state index contributed by atoms with van der Waals surface area (Å²) in [6, 6.07) is 15.0. The Morgan fingerprint density at radius 3 is 2.32 bits per heavy atom. The second kappa shape index (κ2) is 8.66. The van der Waals surface area contributed by atoms with Gasteiger partial charge >= 0.3 is 0 Å². The van der Waals surface area contributed by atoms with Crippen LogP contribution in [0.25, 0.3) is 0 Å². The molecule has 3 aromatic rings. The lowest BCUT2D eigenvalue weighted by Crippen LogP contribution is -2.53. The number of amides is 3. The summed E-state index contributed by atoms with van der Waals surface area (Å²) in [7, 11) is 0.